The van der Waals surface area contributed by atoms with Gasteiger partial charge in [-0.3, -0.25) is 14.9 Å². The Hall–Kier alpha value is -4.24. The summed E-state index contributed by atoms with van der Waals surface area (Å²) in [6, 6.07) is 22.4. The van der Waals surface area contributed by atoms with Crippen LogP contribution < -0.4 is 16.0 Å². The van der Waals surface area contributed by atoms with Crippen molar-refractivity contribution in [1.82, 2.24) is 10.3 Å². The van der Waals surface area contributed by atoms with Crippen LogP contribution in [-0.4, -0.2) is 29.5 Å². The molecule has 9 heteroatoms. The molecule has 0 aliphatic rings. The topological polar surface area (TPSA) is 109 Å². The molecule has 0 unspecified atom stereocenters. The Balaban J connectivity index is 1.43. The van der Waals surface area contributed by atoms with Gasteiger partial charge in [0.15, 0.2) is 5.13 Å². The summed E-state index contributed by atoms with van der Waals surface area (Å²) in [5.41, 5.74) is 2.51. The number of ether oxygens (including phenoxy) is 1. The van der Waals surface area contributed by atoms with Crippen LogP contribution in [0.5, 0.6) is 0 Å². The average Bonchev–Trinajstić information content (AvgIpc) is 3.26. The van der Waals surface area contributed by atoms with Crippen LogP contribution in [0.4, 0.5) is 15.6 Å². The number of rotatable bonds is 8. The van der Waals surface area contributed by atoms with Crippen molar-refractivity contribution >= 4 is 50.3 Å². The lowest BCUT2D eigenvalue weighted by molar-refractivity contribution is -0.143. The quantitative estimate of drug-likeness (QED) is 0.289. The molecule has 8 nitrogen and oxygen atoms in total. The van der Waals surface area contributed by atoms with Gasteiger partial charge in [0.05, 0.1) is 29.3 Å². The zero-order valence-electron chi connectivity index (χ0n) is 19.0. The molecule has 35 heavy (non-hydrogen) atoms. The van der Waals surface area contributed by atoms with Crippen molar-refractivity contribution in [2.45, 2.75) is 19.4 Å². The molecule has 4 aromatic rings. The summed E-state index contributed by atoms with van der Waals surface area (Å²) >= 11 is 1.34. The lowest BCUT2D eigenvalue weighted by Crippen LogP contribution is -2.34. The van der Waals surface area contributed by atoms with Crippen molar-refractivity contribution in [1.29, 1.82) is 0 Å². The average molecular weight is 489 g/mol. The number of nitrogens with zero attached hydrogens (tertiary/aromatic N) is 1. The summed E-state index contributed by atoms with van der Waals surface area (Å²) in [6.45, 7) is 2.01. The molecule has 3 amide bonds. The molecule has 0 spiro atoms. The fourth-order valence-electron chi connectivity index (χ4n) is 3.47. The molecule has 0 bridgehead atoms. The number of carbonyl (C=O) groups is 3. The first-order valence-corrected chi connectivity index (χ1v) is 11.9. The lowest BCUT2D eigenvalue weighted by atomic mass is 10.0. The van der Waals surface area contributed by atoms with E-state index in [4.69, 9.17) is 4.74 Å². The molecule has 3 aromatic carbocycles. The van der Waals surface area contributed by atoms with Crippen molar-refractivity contribution in [2.24, 2.45) is 0 Å². The minimum Gasteiger partial charge on any atom is -0.466 e. The van der Waals surface area contributed by atoms with Crippen LogP contribution in [0.3, 0.4) is 0 Å². The van der Waals surface area contributed by atoms with Gasteiger partial charge in [-0.15, -0.1) is 0 Å². The van der Waals surface area contributed by atoms with E-state index in [-0.39, 0.29) is 18.9 Å². The van der Waals surface area contributed by atoms with Gasteiger partial charge >= 0.3 is 12.0 Å². The second-order valence-electron chi connectivity index (χ2n) is 7.59. The molecule has 0 radical (unpaired) electrons. The molecule has 0 aliphatic carbocycles. The van der Waals surface area contributed by atoms with E-state index in [2.05, 4.69) is 20.9 Å². The molecule has 4 rings (SSSR count). The third kappa shape index (κ3) is 6.42. The zero-order valence-corrected chi connectivity index (χ0v) is 19.8. The molecule has 0 saturated carbocycles. The van der Waals surface area contributed by atoms with E-state index in [1.807, 2.05) is 42.5 Å². The molecule has 0 fully saturated rings. The summed E-state index contributed by atoms with van der Waals surface area (Å²) in [5, 5.41) is 8.91. The number of anilines is 2. The number of fused-ring (bicyclic) bond motifs is 1. The maximum Gasteiger partial charge on any atom is 0.319 e. The SMILES string of the molecule is CCOC(=O)C[C@H](NC(=O)Nc1ccc2sc(NC(=O)c3ccccc3)nc2c1)c1ccccc1. The molecular formula is C26H24N4O4S. The van der Waals surface area contributed by atoms with Gasteiger partial charge in [0.1, 0.15) is 0 Å². The Labute approximate surface area is 206 Å². The normalized spacial score (nSPS) is 11.5. The zero-order chi connectivity index (χ0) is 24.6. The number of hydrogen-bond acceptors (Lipinski definition) is 6. The fourth-order valence-corrected chi connectivity index (χ4v) is 4.31. The van der Waals surface area contributed by atoms with E-state index in [9.17, 15) is 14.4 Å². The summed E-state index contributed by atoms with van der Waals surface area (Å²) in [6.07, 6.45) is 0.0147. The molecular weight excluding hydrogens is 464 g/mol. The maximum absolute atomic E-state index is 12.7. The summed E-state index contributed by atoms with van der Waals surface area (Å²) in [5.74, 6) is -0.633. The highest BCUT2D eigenvalue weighted by molar-refractivity contribution is 7.22. The molecule has 1 aromatic heterocycles. The second-order valence-corrected chi connectivity index (χ2v) is 8.62. The fraction of sp³-hybridized carbons (Fsp3) is 0.154. The van der Waals surface area contributed by atoms with E-state index in [0.717, 1.165) is 10.3 Å². The number of benzene rings is 3. The number of aromatic nitrogens is 1. The Morgan fingerprint density at radius 2 is 1.66 bits per heavy atom. The van der Waals surface area contributed by atoms with Gasteiger partial charge < -0.3 is 15.4 Å². The van der Waals surface area contributed by atoms with Gasteiger partial charge in [-0.25, -0.2) is 9.78 Å². The van der Waals surface area contributed by atoms with Crippen molar-refractivity contribution in [3.8, 4) is 0 Å². The number of nitrogens with one attached hydrogen (secondary N) is 3. The van der Waals surface area contributed by atoms with Crippen LogP contribution in [0.1, 0.15) is 35.3 Å². The Morgan fingerprint density at radius 1 is 0.943 bits per heavy atom. The smallest absolute Gasteiger partial charge is 0.319 e. The Morgan fingerprint density at radius 3 is 2.37 bits per heavy atom. The highest BCUT2D eigenvalue weighted by Crippen LogP contribution is 2.28. The standard InChI is InChI=1S/C26H24N4O4S/c1-2-34-23(31)16-20(17-9-5-3-6-10-17)28-25(33)27-19-13-14-22-21(15-19)29-26(35-22)30-24(32)18-11-7-4-8-12-18/h3-15,20H,2,16H2,1H3,(H2,27,28,33)(H,29,30,32)/t20-/m0/s1. The first-order chi connectivity index (χ1) is 17.0. The van der Waals surface area contributed by atoms with Crippen LogP contribution >= 0.6 is 11.3 Å². The molecule has 1 atom stereocenters. The predicted molar refractivity (Wildman–Crippen MR) is 137 cm³/mol. The van der Waals surface area contributed by atoms with E-state index in [1.54, 1.807) is 43.3 Å². The van der Waals surface area contributed by atoms with Gasteiger partial charge in [-0.05, 0) is 42.8 Å². The van der Waals surface area contributed by atoms with Gasteiger partial charge in [0.2, 0.25) is 0 Å². The number of hydrogen-bond donors (Lipinski definition) is 3. The van der Waals surface area contributed by atoms with E-state index >= 15 is 0 Å². The molecule has 0 aliphatic heterocycles. The minimum atomic E-state index is -0.543. The van der Waals surface area contributed by atoms with Crippen molar-refractivity contribution in [2.75, 3.05) is 17.2 Å². The number of esters is 1. The van der Waals surface area contributed by atoms with Crippen LogP contribution in [0.25, 0.3) is 10.2 Å². The van der Waals surface area contributed by atoms with Crippen molar-refractivity contribution in [3.05, 3.63) is 90.0 Å². The second kappa shape index (κ2) is 11.3. The predicted octanol–water partition coefficient (Wildman–Crippen LogP) is 5.36. The largest absolute Gasteiger partial charge is 0.466 e. The van der Waals surface area contributed by atoms with Crippen molar-refractivity contribution in [3.63, 3.8) is 0 Å². The van der Waals surface area contributed by atoms with Crippen LogP contribution in [-0.2, 0) is 9.53 Å². The number of urea groups is 1. The van der Waals surface area contributed by atoms with Crippen molar-refractivity contribution < 1.29 is 19.1 Å². The van der Waals surface area contributed by atoms with Gasteiger partial charge in [0.25, 0.3) is 5.91 Å². The van der Waals surface area contributed by atoms with Gasteiger partial charge in [-0.2, -0.15) is 0 Å². The maximum atomic E-state index is 12.7. The third-order valence-electron chi connectivity index (χ3n) is 5.09. The highest BCUT2D eigenvalue weighted by Gasteiger charge is 2.19. The van der Waals surface area contributed by atoms with Gasteiger partial charge in [0, 0.05) is 11.3 Å². The molecule has 3 N–H and O–H groups in total. The first-order valence-electron chi connectivity index (χ1n) is 11.1. The van der Waals surface area contributed by atoms with Gasteiger partial charge in [-0.1, -0.05) is 59.9 Å². The first kappa shape index (κ1) is 23.9. The lowest BCUT2D eigenvalue weighted by Gasteiger charge is -2.19. The number of amides is 3. The summed E-state index contributed by atoms with van der Waals surface area (Å²) in [7, 11) is 0. The molecule has 178 valence electrons. The number of carbonyl (C=O) groups excluding carboxylic acids is 3. The monoisotopic (exact) mass is 488 g/mol. The highest BCUT2D eigenvalue weighted by atomic mass is 32.1. The van der Waals surface area contributed by atoms with E-state index in [0.29, 0.717) is 21.9 Å². The number of thiazole rings is 1. The van der Waals surface area contributed by atoms with E-state index in [1.165, 1.54) is 11.3 Å². The van der Waals surface area contributed by atoms with Crippen LogP contribution in [0, 0.1) is 0 Å². The Kier molecular flexibility index (Phi) is 7.69. The minimum absolute atomic E-state index is 0.0147. The molecule has 0 saturated heterocycles. The molecule has 1 heterocycles. The Bertz CT molecular complexity index is 1330. The van der Waals surface area contributed by atoms with Crippen LogP contribution in [0.15, 0.2) is 78.9 Å². The third-order valence-corrected chi connectivity index (χ3v) is 6.04. The summed E-state index contributed by atoms with van der Waals surface area (Å²) < 4.78 is 5.92. The van der Waals surface area contributed by atoms with E-state index < -0.39 is 18.0 Å². The van der Waals surface area contributed by atoms with Crippen LogP contribution in [0.2, 0.25) is 0 Å². The summed E-state index contributed by atoms with van der Waals surface area (Å²) in [4.78, 5) is 41.6.